The Bertz CT molecular complexity index is 1100. The first-order chi connectivity index (χ1) is 14.4. The highest BCUT2D eigenvalue weighted by molar-refractivity contribution is 6.07. The van der Waals surface area contributed by atoms with Gasteiger partial charge in [-0.05, 0) is 48.4 Å². The van der Waals surface area contributed by atoms with Crippen molar-refractivity contribution in [2.75, 3.05) is 7.11 Å². The third-order valence-electron chi connectivity index (χ3n) is 4.66. The number of rotatable bonds is 8. The number of ether oxygens (including phenoxy) is 2. The molecule has 0 bridgehead atoms. The quantitative estimate of drug-likeness (QED) is 0.241. The maximum absolute atomic E-state index is 12.4. The van der Waals surface area contributed by atoms with Gasteiger partial charge < -0.3 is 9.47 Å². The van der Waals surface area contributed by atoms with Gasteiger partial charge in [0.2, 0.25) is 0 Å². The van der Waals surface area contributed by atoms with Crippen molar-refractivity contribution in [2.24, 2.45) is 7.05 Å². The van der Waals surface area contributed by atoms with Crippen LogP contribution in [0.3, 0.4) is 0 Å². The van der Waals surface area contributed by atoms with Crippen LogP contribution >= 0.6 is 0 Å². The van der Waals surface area contributed by atoms with Crippen LogP contribution in [0.1, 0.15) is 27.2 Å². The smallest absolute Gasteiger partial charge is 0.269 e. The molecule has 8 nitrogen and oxygen atoms in total. The molecule has 3 rings (SSSR count). The van der Waals surface area contributed by atoms with E-state index in [1.54, 1.807) is 48.3 Å². The van der Waals surface area contributed by atoms with Gasteiger partial charge in [-0.2, -0.15) is 5.10 Å². The molecule has 0 radical (unpaired) electrons. The first kappa shape index (κ1) is 20.8. The van der Waals surface area contributed by atoms with E-state index in [2.05, 4.69) is 5.10 Å². The van der Waals surface area contributed by atoms with Gasteiger partial charge >= 0.3 is 0 Å². The van der Waals surface area contributed by atoms with E-state index in [0.29, 0.717) is 17.1 Å². The predicted molar refractivity (Wildman–Crippen MR) is 112 cm³/mol. The number of nitrogens with zero attached hydrogens (tertiary/aromatic N) is 3. The number of ketones is 1. The number of nitro benzene ring substituents is 1. The van der Waals surface area contributed by atoms with E-state index in [-0.39, 0.29) is 18.1 Å². The molecule has 0 aliphatic rings. The monoisotopic (exact) mass is 407 g/mol. The molecule has 0 atom stereocenters. The number of hydrogen-bond acceptors (Lipinski definition) is 6. The first-order valence-corrected chi connectivity index (χ1v) is 9.14. The molecule has 2 aromatic carbocycles. The number of hydrogen-bond donors (Lipinski definition) is 0. The zero-order valence-corrected chi connectivity index (χ0v) is 16.9. The molecule has 0 N–H and O–H groups in total. The van der Waals surface area contributed by atoms with E-state index in [9.17, 15) is 14.9 Å². The van der Waals surface area contributed by atoms with E-state index in [1.807, 2.05) is 13.0 Å². The Kier molecular flexibility index (Phi) is 6.26. The molecule has 1 aromatic heterocycles. The summed E-state index contributed by atoms with van der Waals surface area (Å²) in [4.78, 5) is 22.6. The fraction of sp³-hybridized carbons (Fsp3) is 0.182. The second-order valence-corrected chi connectivity index (χ2v) is 6.59. The van der Waals surface area contributed by atoms with E-state index < -0.39 is 4.92 Å². The molecule has 1 heterocycles. The van der Waals surface area contributed by atoms with Crippen LogP contribution in [0, 0.1) is 17.0 Å². The molecule has 0 fully saturated rings. The number of methoxy groups -OCH3 is 1. The van der Waals surface area contributed by atoms with Gasteiger partial charge in [0.25, 0.3) is 5.69 Å². The van der Waals surface area contributed by atoms with Crippen molar-refractivity contribution >= 4 is 17.5 Å². The Labute approximate surface area is 173 Å². The molecule has 0 amide bonds. The second kappa shape index (κ2) is 9.04. The Morgan fingerprint density at radius 3 is 2.53 bits per heavy atom. The highest BCUT2D eigenvalue weighted by Crippen LogP contribution is 2.29. The maximum Gasteiger partial charge on any atom is 0.269 e. The van der Waals surface area contributed by atoms with E-state index in [0.717, 1.165) is 16.8 Å². The number of allylic oxidation sites excluding steroid dienone is 1. The van der Waals surface area contributed by atoms with Gasteiger partial charge in [-0.25, -0.2) is 0 Å². The van der Waals surface area contributed by atoms with Gasteiger partial charge in [-0.3, -0.25) is 19.6 Å². The number of carbonyl (C=O) groups is 1. The number of carbonyl (C=O) groups excluding carboxylic acids is 1. The fourth-order valence-corrected chi connectivity index (χ4v) is 2.78. The van der Waals surface area contributed by atoms with Crippen molar-refractivity contribution in [3.63, 3.8) is 0 Å². The minimum absolute atomic E-state index is 0.0310. The van der Waals surface area contributed by atoms with Gasteiger partial charge in [0.15, 0.2) is 17.3 Å². The van der Waals surface area contributed by atoms with Crippen LogP contribution in [-0.4, -0.2) is 27.6 Å². The molecule has 30 heavy (non-hydrogen) atoms. The molecule has 8 heteroatoms. The molecule has 0 aliphatic heterocycles. The Morgan fingerprint density at radius 2 is 1.93 bits per heavy atom. The van der Waals surface area contributed by atoms with Crippen LogP contribution in [0.5, 0.6) is 11.5 Å². The van der Waals surface area contributed by atoms with Crippen molar-refractivity contribution < 1.29 is 19.2 Å². The Balaban J connectivity index is 1.69. The average molecular weight is 407 g/mol. The topological polar surface area (TPSA) is 96.5 Å². The van der Waals surface area contributed by atoms with Crippen LogP contribution in [-0.2, 0) is 13.7 Å². The summed E-state index contributed by atoms with van der Waals surface area (Å²) in [6, 6.07) is 11.5. The standard InChI is InChI=1S/C22H21N3O5/c1-15-19(13-23-24(15)2)20(26)10-6-16-7-11-21(22(12-16)29-3)30-14-17-4-8-18(9-5-17)25(27)28/h4-13H,14H2,1-3H3/b10-6+. The molecular weight excluding hydrogens is 386 g/mol. The number of non-ortho nitro benzene ring substituents is 1. The summed E-state index contributed by atoms with van der Waals surface area (Å²) >= 11 is 0. The van der Waals surface area contributed by atoms with Crippen LogP contribution in [0.4, 0.5) is 5.69 Å². The second-order valence-electron chi connectivity index (χ2n) is 6.59. The summed E-state index contributed by atoms with van der Waals surface area (Å²) in [6.07, 6.45) is 4.76. The molecule has 154 valence electrons. The van der Waals surface area contributed by atoms with Crippen molar-refractivity contribution in [1.82, 2.24) is 9.78 Å². The minimum atomic E-state index is -0.444. The molecule has 0 spiro atoms. The normalized spacial score (nSPS) is 10.9. The maximum atomic E-state index is 12.4. The molecule has 0 saturated heterocycles. The fourth-order valence-electron chi connectivity index (χ4n) is 2.78. The van der Waals surface area contributed by atoms with Crippen molar-refractivity contribution in [2.45, 2.75) is 13.5 Å². The molecule has 0 saturated carbocycles. The number of aromatic nitrogens is 2. The summed E-state index contributed by atoms with van der Waals surface area (Å²) in [7, 11) is 3.32. The van der Waals surface area contributed by atoms with Crippen molar-refractivity contribution in [1.29, 1.82) is 0 Å². The summed E-state index contributed by atoms with van der Waals surface area (Å²) in [5.74, 6) is 0.921. The van der Waals surface area contributed by atoms with E-state index in [4.69, 9.17) is 9.47 Å². The van der Waals surface area contributed by atoms with E-state index >= 15 is 0 Å². The van der Waals surface area contributed by atoms with Crippen LogP contribution in [0.25, 0.3) is 6.08 Å². The van der Waals surface area contributed by atoms with Gasteiger partial charge in [0.1, 0.15) is 6.61 Å². The lowest BCUT2D eigenvalue weighted by Gasteiger charge is -2.11. The lowest BCUT2D eigenvalue weighted by atomic mass is 10.1. The lowest BCUT2D eigenvalue weighted by molar-refractivity contribution is -0.384. The highest BCUT2D eigenvalue weighted by Gasteiger charge is 2.11. The molecule has 0 aliphatic carbocycles. The third-order valence-corrected chi connectivity index (χ3v) is 4.66. The van der Waals surface area contributed by atoms with Gasteiger partial charge in [0, 0.05) is 24.9 Å². The highest BCUT2D eigenvalue weighted by atomic mass is 16.6. The largest absolute Gasteiger partial charge is 0.493 e. The average Bonchev–Trinajstić information content (AvgIpc) is 3.09. The Hall–Kier alpha value is -3.94. The molecule has 0 unspecified atom stereocenters. The third kappa shape index (κ3) is 4.72. The molecular formula is C22H21N3O5. The zero-order chi connectivity index (χ0) is 21.7. The summed E-state index contributed by atoms with van der Waals surface area (Å²) in [5, 5.41) is 14.8. The zero-order valence-electron chi connectivity index (χ0n) is 16.9. The summed E-state index contributed by atoms with van der Waals surface area (Å²) in [6.45, 7) is 2.08. The van der Waals surface area contributed by atoms with Gasteiger partial charge in [0.05, 0.1) is 23.8 Å². The van der Waals surface area contributed by atoms with Crippen LogP contribution in [0.15, 0.2) is 54.7 Å². The van der Waals surface area contributed by atoms with Crippen LogP contribution in [0.2, 0.25) is 0 Å². The van der Waals surface area contributed by atoms with Gasteiger partial charge in [-0.1, -0.05) is 12.1 Å². The number of nitro groups is 1. The van der Waals surface area contributed by atoms with Crippen molar-refractivity contribution in [3.05, 3.63) is 87.2 Å². The minimum Gasteiger partial charge on any atom is -0.493 e. The lowest BCUT2D eigenvalue weighted by Crippen LogP contribution is -1.99. The predicted octanol–water partition coefficient (Wildman–Crippen LogP) is 4.12. The summed E-state index contributed by atoms with van der Waals surface area (Å²) in [5.41, 5.74) is 2.97. The molecule has 3 aromatic rings. The number of aryl methyl sites for hydroxylation is 1. The van der Waals surface area contributed by atoms with Crippen LogP contribution < -0.4 is 9.47 Å². The van der Waals surface area contributed by atoms with E-state index in [1.165, 1.54) is 25.3 Å². The number of benzene rings is 2. The van der Waals surface area contributed by atoms with Gasteiger partial charge in [-0.15, -0.1) is 0 Å². The summed E-state index contributed by atoms with van der Waals surface area (Å²) < 4.78 is 12.8. The van der Waals surface area contributed by atoms with Crippen molar-refractivity contribution in [3.8, 4) is 11.5 Å². The first-order valence-electron chi connectivity index (χ1n) is 9.14. The SMILES string of the molecule is COc1cc(/C=C/C(=O)c2cnn(C)c2C)ccc1OCc1ccc([N+](=O)[O-])cc1. The Morgan fingerprint density at radius 1 is 1.20 bits per heavy atom.